The van der Waals surface area contributed by atoms with Gasteiger partial charge in [0.2, 0.25) is 5.82 Å². The van der Waals surface area contributed by atoms with E-state index in [1.807, 2.05) is 24.3 Å². The number of hydrogen-bond acceptors (Lipinski definition) is 4. The van der Waals surface area contributed by atoms with Crippen molar-refractivity contribution in [3.05, 3.63) is 52.4 Å². The molecule has 4 nitrogen and oxygen atoms in total. The molecule has 1 aliphatic rings. The van der Waals surface area contributed by atoms with Crippen LogP contribution in [0, 0.1) is 11.3 Å². The number of anilines is 1. The normalized spacial score (nSPS) is 14.2. The van der Waals surface area contributed by atoms with Gasteiger partial charge in [0, 0.05) is 25.1 Å². The summed E-state index contributed by atoms with van der Waals surface area (Å²) < 4.78 is 0. The van der Waals surface area contributed by atoms with E-state index in [0.29, 0.717) is 11.6 Å². The van der Waals surface area contributed by atoms with Crippen LogP contribution in [0.5, 0.6) is 0 Å². The molecule has 0 saturated carbocycles. The zero-order valence-electron chi connectivity index (χ0n) is 11.6. The zero-order valence-corrected chi connectivity index (χ0v) is 12.3. The minimum absolute atomic E-state index is 0.138. The van der Waals surface area contributed by atoms with Crippen LogP contribution in [0.1, 0.15) is 29.8 Å². The number of benzene rings is 1. The van der Waals surface area contributed by atoms with Gasteiger partial charge in [-0.15, -0.1) is 0 Å². The molecule has 106 valence electrons. The van der Waals surface area contributed by atoms with Crippen molar-refractivity contribution in [2.24, 2.45) is 0 Å². The van der Waals surface area contributed by atoms with Crippen LogP contribution in [0.4, 0.5) is 5.82 Å². The highest BCUT2D eigenvalue weighted by atomic mass is 35.5. The summed E-state index contributed by atoms with van der Waals surface area (Å²) in [6, 6.07) is 12.1. The summed E-state index contributed by atoms with van der Waals surface area (Å²) in [6.07, 6.45) is 2.97. The van der Waals surface area contributed by atoms with Crippen LogP contribution in [0.15, 0.2) is 30.3 Å². The number of nitrogens with zero attached hydrogens (tertiary/aromatic N) is 4. The molecule has 0 aliphatic carbocycles. The van der Waals surface area contributed by atoms with Crippen molar-refractivity contribution < 1.29 is 0 Å². The van der Waals surface area contributed by atoms with E-state index in [0.717, 1.165) is 42.9 Å². The summed E-state index contributed by atoms with van der Waals surface area (Å²) in [5.41, 5.74) is 2.07. The van der Waals surface area contributed by atoms with Gasteiger partial charge >= 0.3 is 0 Å². The Bertz CT molecular complexity index is 673. The summed E-state index contributed by atoms with van der Waals surface area (Å²) in [4.78, 5) is 10.7. The molecular formula is C16H15ClN4. The Morgan fingerprint density at radius 1 is 1.14 bits per heavy atom. The van der Waals surface area contributed by atoms with Crippen LogP contribution in [0.2, 0.25) is 5.15 Å². The van der Waals surface area contributed by atoms with Crippen LogP contribution in [0.25, 0.3) is 0 Å². The molecule has 0 N–H and O–H groups in total. The Balaban J connectivity index is 2.03. The first-order valence-electron chi connectivity index (χ1n) is 7.03. The lowest BCUT2D eigenvalue weighted by molar-refractivity contribution is 0.898. The van der Waals surface area contributed by atoms with Crippen LogP contribution < -0.4 is 4.90 Å². The van der Waals surface area contributed by atoms with Gasteiger partial charge in [-0.2, -0.15) is 5.26 Å². The van der Waals surface area contributed by atoms with Gasteiger partial charge in [-0.25, -0.2) is 9.97 Å². The first kappa shape index (κ1) is 13.8. The maximum Gasteiger partial charge on any atom is 0.235 e. The van der Waals surface area contributed by atoms with Gasteiger partial charge in [0.1, 0.15) is 17.0 Å². The van der Waals surface area contributed by atoms with Gasteiger partial charge in [-0.05, 0) is 18.4 Å². The highest BCUT2D eigenvalue weighted by Gasteiger charge is 2.21. The lowest BCUT2D eigenvalue weighted by Gasteiger charge is -2.20. The first-order chi connectivity index (χ1) is 10.3. The van der Waals surface area contributed by atoms with Gasteiger partial charge in [0.05, 0.1) is 0 Å². The zero-order chi connectivity index (χ0) is 14.7. The predicted molar refractivity (Wildman–Crippen MR) is 82.5 cm³/mol. The van der Waals surface area contributed by atoms with Gasteiger partial charge in [0.15, 0.2) is 0 Å². The van der Waals surface area contributed by atoms with E-state index in [9.17, 15) is 0 Å². The highest BCUT2D eigenvalue weighted by molar-refractivity contribution is 6.30. The monoisotopic (exact) mass is 298 g/mol. The van der Waals surface area contributed by atoms with E-state index in [1.165, 1.54) is 0 Å². The van der Waals surface area contributed by atoms with E-state index >= 15 is 0 Å². The van der Waals surface area contributed by atoms with Crippen LogP contribution in [0.3, 0.4) is 0 Å². The largest absolute Gasteiger partial charge is 0.356 e. The Labute approximate surface area is 129 Å². The average molecular weight is 299 g/mol. The quantitative estimate of drug-likeness (QED) is 0.817. The Morgan fingerprint density at radius 2 is 1.86 bits per heavy atom. The minimum atomic E-state index is 0.138. The number of hydrogen-bond donors (Lipinski definition) is 0. The molecule has 2 aromatic rings. The van der Waals surface area contributed by atoms with Crippen LogP contribution >= 0.6 is 11.6 Å². The summed E-state index contributed by atoms with van der Waals surface area (Å²) >= 11 is 6.31. The molecule has 1 aliphatic heterocycles. The number of nitriles is 1. The first-order valence-corrected chi connectivity index (χ1v) is 7.41. The minimum Gasteiger partial charge on any atom is -0.356 e. The lowest BCUT2D eigenvalue weighted by atomic mass is 10.1. The Morgan fingerprint density at radius 3 is 2.52 bits per heavy atom. The van der Waals surface area contributed by atoms with Crippen molar-refractivity contribution in [2.45, 2.75) is 19.3 Å². The summed E-state index contributed by atoms with van der Waals surface area (Å²) in [5.74, 6) is 0.951. The van der Waals surface area contributed by atoms with Crippen molar-refractivity contribution in [2.75, 3.05) is 18.0 Å². The SMILES string of the molecule is N#Cc1nc(Cl)c(Cc2ccccc2)c(N2CCCC2)n1. The second-order valence-electron chi connectivity index (χ2n) is 5.11. The lowest BCUT2D eigenvalue weighted by Crippen LogP contribution is -2.22. The van der Waals surface area contributed by atoms with Gasteiger partial charge in [-0.1, -0.05) is 41.9 Å². The van der Waals surface area contributed by atoms with E-state index in [2.05, 4.69) is 27.0 Å². The molecule has 5 heteroatoms. The summed E-state index contributed by atoms with van der Waals surface area (Å²) in [7, 11) is 0. The van der Waals surface area contributed by atoms with Crippen molar-refractivity contribution >= 4 is 17.4 Å². The van der Waals surface area contributed by atoms with E-state index < -0.39 is 0 Å². The van der Waals surface area contributed by atoms with E-state index in [-0.39, 0.29) is 5.82 Å². The van der Waals surface area contributed by atoms with Gasteiger partial charge in [-0.3, -0.25) is 0 Å². The summed E-state index contributed by atoms with van der Waals surface area (Å²) in [6.45, 7) is 1.92. The van der Waals surface area contributed by atoms with Gasteiger partial charge in [0.25, 0.3) is 0 Å². The maximum absolute atomic E-state index is 9.06. The fourth-order valence-electron chi connectivity index (χ4n) is 2.64. The number of rotatable bonds is 3. The molecule has 0 amide bonds. The standard InChI is InChI=1S/C16H15ClN4/c17-15-13(10-12-6-2-1-3-7-12)16(20-14(11-18)19-15)21-8-4-5-9-21/h1-3,6-7H,4-5,8-10H2. The van der Waals surface area contributed by atoms with Crippen LogP contribution in [-0.2, 0) is 6.42 Å². The summed E-state index contributed by atoms with van der Waals surface area (Å²) in [5, 5.41) is 9.44. The number of halogens is 1. The van der Waals surface area contributed by atoms with Crippen molar-refractivity contribution in [1.82, 2.24) is 9.97 Å². The molecule has 2 heterocycles. The molecule has 1 fully saturated rings. The molecule has 0 unspecified atom stereocenters. The highest BCUT2D eigenvalue weighted by Crippen LogP contribution is 2.29. The predicted octanol–water partition coefficient (Wildman–Crippen LogP) is 3.19. The molecule has 0 atom stereocenters. The smallest absolute Gasteiger partial charge is 0.235 e. The molecule has 1 saturated heterocycles. The molecule has 0 radical (unpaired) electrons. The topological polar surface area (TPSA) is 52.8 Å². The second kappa shape index (κ2) is 6.11. The van der Waals surface area contributed by atoms with Crippen molar-refractivity contribution in [3.8, 4) is 6.07 Å². The second-order valence-corrected chi connectivity index (χ2v) is 5.47. The van der Waals surface area contributed by atoms with Crippen LogP contribution in [-0.4, -0.2) is 23.1 Å². The average Bonchev–Trinajstić information content (AvgIpc) is 3.04. The van der Waals surface area contributed by atoms with Crippen molar-refractivity contribution in [1.29, 1.82) is 5.26 Å². The Hall–Kier alpha value is -2.12. The molecule has 21 heavy (non-hydrogen) atoms. The maximum atomic E-state index is 9.06. The van der Waals surface area contributed by atoms with E-state index in [1.54, 1.807) is 0 Å². The third-order valence-electron chi connectivity index (χ3n) is 3.66. The third kappa shape index (κ3) is 2.98. The van der Waals surface area contributed by atoms with Crippen molar-refractivity contribution in [3.63, 3.8) is 0 Å². The molecule has 0 bridgehead atoms. The Kier molecular flexibility index (Phi) is 4.03. The fourth-order valence-corrected chi connectivity index (χ4v) is 2.87. The molecular weight excluding hydrogens is 284 g/mol. The van der Waals surface area contributed by atoms with E-state index in [4.69, 9.17) is 16.9 Å². The third-order valence-corrected chi connectivity index (χ3v) is 3.98. The molecule has 0 spiro atoms. The number of aromatic nitrogens is 2. The fraction of sp³-hybridized carbons (Fsp3) is 0.312. The van der Waals surface area contributed by atoms with Gasteiger partial charge < -0.3 is 4.90 Å². The molecule has 1 aromatic carbocycles. The molecule has 1 aromatic heterocycles. The molecule has 3 rings (SSSR count).